The van der Waals surface area contributed by atoms with Gasteiger partial charge in [-0.05, 0) is 24.3 Å². The topological polar surface area (TPSA) is 73.8 Å². The number of benzene rings is 1. The molecule has 7 nitrogen and oxygen atoms in total. The van der Waals surface area contributed by atoms with Crippen molar-refractivity contribution in [1.82, 2.24) is 14.9 Å². The number of hydrogen-bond donors (Lipinski definition) is 0. The maximum Gasteiger partial charge on any atom is 0.274 e. The molecule has 0 bridgehead atoms. The Kier molecular flexibility index (Phi) is 5.57. The molecular weight excluding hydrogens is 378 g/mol. The van der Waals surface area contributed by atoms with Gasteiger partial charge in [0.1, 0.15) is 17.6 Å². The van der Waals surface area contributed by atoms with E-state index in [4.69, 9.17) is 14.2 Å². The average molecular weight is 399 g/mol. The van der Waals surface area contributed by atoms with Crippen LogP contribution in [0.3, 0.4) is 0 Å². The Bertz CT molecular complexity index is 939. The van der Waals surface area contributed by atoms with Crippen molar-refractivity contribution in [2.75, 3.05) is 26.8 Å². The van der Waals surface area contributed by atoms with Crippen molar-refractivity contribution in [3.8, 4) is 16.7 Å². The van der Waals surface area contributed by atoms with E-state index in [9.17, 15) is 4.79 Å². The van der Waals surface area contributed by atoms with Gasteiger partial charge in [0, 0.05) is 38.2 Å². The second-order valence-electron chi connectivity index (χ2n) is 6.49. The Balaban J connectivity index is 1.27. The Morgan fingerprint density at radius 3 is 2.86 bits per heavy atom. The number of carbonyl (C=O) groups is 1. The van der Waals surface area contributed by atoms with Crippen LogP contribution in [0.25, 0.3) is 10.2 Å². The highest BCUT2D eigenvalue weighted by Crippen LogP contribution is 2.31. The Morgan fingerprint density at radius 2 is 2.11 bits per heavy atom. The molecule has 28 heavy (non-hydrogen) atoms. The smallest absolute Gasteiger partial charge is 0.274 e. The third-order valence-electron chi connectivity index (χ3n) is 4.63. The molecule has 0 N–H and O–H groups in total. The van der Waals surface area contributed by atoms with E-state index >= 15 is 0 Å². The van der Waals surface area contributed by atoms with Gasteiger partial charge < -0.3 is 19.1 Å². The molecule has 1 aliphatic rings. The van der Waals surface area contributed by atoms with Crippen LogP contribution in [0.15, 0.2) is 42.7 Å². The lowest BCUT2D eigenvalue weighted by molar-refractivity contribution is -0.135. The van der Waals surface area contributed by atoms with Gasteiger partial charge in [0.15, 0.2) is 6.61 Å². The summed E-state index contributed by atoms with van der Waals surface area (Å²) < 4.78 is 17.9. The molecule has 1 aliphatic heterocycles. The van der Waals surface area contributed by atoms with Gasteiger partial charge in [0.25, 0.3) is 11.1 Å². The highest BCUT2D eigenvalue weighted by atomic mass is 32.1. The molecule has 8 heteroatoms. The summed E-state index contributed by atoms with van der Waals surface area (Å²) in [5.41, 5.74) is 0.875. The van der Waals surface area contributed by atoms with Crippen molar-refractivity contribution in [3.63, 3.8) is 0 Å². The molecular formula is C20H21N3O4S. The van der Waals surface area contributed by atoms with Gasteiger partial charge in [-0.25, -0.2) is 4.98 Å². The number of fused-ring (bicyclic) bond motifs is 1. The Hall–Kier alpha value is -2.87. The number of ether oxygens (including phenoxy) is 3. The minimum atomic E-state index is -0.0191. The van der Waals surface area contributed by atoms with Crippen molar-refractivity contribution in [3.05, 3.63) is 42.7 Å². The molecule has 1 amide bonds. The molecule has 0 spiro atoms. The lowest BCUT2D eigenvalue weighted by Crippen LogP contribution is -2.43. The average Bonchev–Trinajstić information content (AvgIpc) is 3.14. The predicted octanol–water partition coefficient (Wildman–Crippen LogP) is 3.15. The van der Waals surface area contributed by atoms with Crippen molar-refractivity contribution >= 4 is 27.5 Å². The van der Waals surface area contributed by atoms with Gasteiger partial charge >= 0.3 is 0 Å². The van der Waals surface area contributed by atoms with Crippen molar-refractivity contribution < 1.29 is 19.0 Å². The van der Waals surface area contributed by atoms with Gasteiger partial charge in [-0.3, -0.25) is 9.78 Å². The Morgan fingerprint density at radius 1 is 1.25 bits per heavy atom. The number of amides is 1. The van der Waals surface area contributed by atoms with Crippen LogP contribution in [0.1, 0.15) is 12.8 Å². The van der Waals surface area contributed by atoms with Crippen LogP contribution in [0, 0.1) is 0 Å². The molecule has 2 aromatic heterocycles. The fourth-order valence-corrected chi connectivity index (χ4v) is 3.96. The van der Waals surface area contributed by atoms with Crippen molar-refractivity contribution in [2.45, 2.75) is 18.9 Å². The summed E-state index contributed by atoms with van der Waals surface area (Å²) in [4.78, 5) is 22.7. The van der Waals surface area contributed by atoms with Crippen LogP contribution in [0.4, 0.5) is 0 Å². The highest BCUT2D eigenvalue weighted by Gasteiger charge is 2.25. The summed E-state index contributed by atoms with van der Waals surface area (Å²) in [5.74, 6) is 1.36. The number of rotatable bonds is 6. The molecule has 146 valence electrons. The van der Waals surface area contributed by atoms with Crippen LogP contribution in [-0.4, -0.2) is 53.7 Å². The first kappa shape index (κ1) is 18.5. The van der Waals surface area contributed by atoms with E-state index in [1.165, 1.54) is 11.3 Å². The van der Waals surface area contributed by atoms with Crippen molar-refractivity contribution in [2.24, 2.45) is 0 Å². The van der Waals surface area contributed by atoms with E-state index in [-0.39, 0.29) is 18.6 Å². The first-order chi connectivity index (χ1) is 13.7. The maximum absolute atomic E-state index is 12.3. The third-order valence-corrected chi connectivity index (χ3v) is 5.56. The van der Waals surface area contributed by atoms with Gasteiger partial charge in [0.05, 0.1) is 23.5 Å². The molecule has 0 aliphatic carbocycles. The molecule has 3 heterocycles. The number of piperidine rings is 1. The lowest BCUT2D eigenvalue weighted by atomic mass is 10.1. The molecule has 1 aromatic carbocycles. The lowest BCUT2D eigenvalue weighted by Gasteiger charge is -2.31. The second-order valence-corrected chi connectivity index (χ2v) is 7.48. The fourth-order valence-electron chi connectivity index (χ4n) is 3.10. The summed E-state index contributed by atoms with van der Waals surface area (Å²) >= 11 is 1.53. The number of thiazole rings is 1. The third kappa shape index (κ3) is 4.33. The molecule has 0 saturated carbocycles. The molecule has 3 aromatic rings. The minimum Gasteiger partial charge on any atom is -0.497 e. The standard InChI is InChI=1S/C20H21N3O4S/c1-25-15-4-5-18-17(11-15)22-20(28-18)27-14-6-9-23(10-7-14)19(24)13-26-16-3-2-8-21-12-16/h2-5,8,11-12,14H,6-7,9-10,13H2,1H3. The van der Waals surface area contributed by atoms with Crippen LogP contribution in [0.2, 0.25) is 0 Å². The Labute approximate surface area is 166 Å². The quantitative estimate of drug-likeness (QED) is 0.634. The monoisotopic (exact) mass is 399 g/mol. The minimum absolute atomic E-state index is 0.0191. The van der Waals surface area contributed by atoms with Crippen molar-refractivity contribution in [1.29, 1.82) is 0 Å². The number of methoxy groups -OCH3 is 1. The van der Waals surface area contributed by atoms with Gasteiger partial charge in [0.2, 0.25) is 0 Å². The normalized spacial score (nSPS) is 14.8. The maximum atomic E-state index is 12.3. The highest BCUT2D eigenvalue weighted by molar-refractivity contribution is 7.20. The zero-order valence-corrected chi connectivity index (χ0v) is 16.4. The SMILES string of the molecule is COc1ccc2sc(OC3CCN(C(=O)COc4cccnc4)CC3)nc2c1. The van der Waals surface area contributed by atoms with Gasteiger partial charge in [-0.2, -0.15) is 0 Å². The summed E-state index contributed by atoms with van der Waals surface area (Å²) in [7, 11) is 1.64. The zero-order valence-electron chi connectivity index (χ0n) is 15.5. The summed E-state index contributed by atoms with van der Waals surface area (Å²) in [6.07, 6.45) is 4.88. The number of pyridine rings is 1. The van der Waals surface area contributed by atoms with E-state index in [1.807, 2.05) is 23.1 Å². The predicted molar refractivity (Wildman–Crippen MR) is 106 cm³/mol. The molecule has 1 fully saturated rings. The largest absolute Gasteiger partial charge is 0.497 e. The second kappa shape index (κ2) is 8.43. The van der Waals surface area contributed by atoms with E-state index in [0.717, 1.165) is 28.8 Å². The molecule has 0 radical (unpaired) electrons. The van der Waals surface area contributed by atoms with E-state index < -0.39 is 0 Å². The van der Waals surface area contributed by atoms with Crippen LogP contribution in [-0.2, 0) is 4.79 Å². The number of aromatic nitrogens is 2. The molecule has 4 rings (SSSR count). The van der Waals surface area contributed by atoms with Crippen LogP contribution < -0.4 is 14.2 Å². The number of carbonyl (C=O) groups excluding carboxylic acids is 1. The molecule has 1 saturated heterocycles. The number of likely N-dealkylation sites (tertiary alicyclic amines) is 1. The first-order valence-corrected chi connectivity index (χ1v) is 9.95. The summed E-state index contributed by atoms with van der Waals surface area (Å²) in [5, 5.41) is 0.660. The fraction of sp³-hybridized carbons (Fsp3) is 0.350. The molecule has 0 atom stereocenters. The number of hydrogen-bond acceptors (Lipinski definition) is 7. The van der Waals surface area contributed by atoms with Crippen LogP contribution in [0.5, 0.6) is 16.7 Å². The van der Waals surface area contributed by atoms with Crippen LogP contribution >= 0.6 is 11.3 Å². The first-order valence-electron chi connectivity index (χ1n) is 9.13. The van der Waals surface area contributed by atoms with E-state index in [1.54, 1.807) is 31.6 Å². The summed E-state index contributed by atoms with van der Waals surface area (Å²) in [6.45, 7) is 1.33. The van der Waals surface area contributed by atoms with Gasteiger partial charge in [-0.1, -0.05) is 11.3 Å². The summed E-state index contributed by atoms with van der Waals surface area (Å²) in [6, 6.07) is 9.38. The number of nitrogens with zero attached hydrogens (tertiary/aromatic N) is 3. The zero-order chi connectivity index (χ0) is 19.3. The van der Waals surface area contributed by atoms with E-state index in [0.29, 0.717) is 24.0 Å². The van der Waals surface area contributed by atoms with E-state index in [2.05, 4.69) is 9.97 Å². The molecule has 0 unspecified atom stereocenters. The van der Waals surface area contributed by atoms with Gasteiger partial charge in [-0.15, -0.1) is 0 Å².